The standard InChI is InChI=1S/C7H10N2OS/c1-9(5-2-3-5)7-8-6(10)4-11-7/h5H,2-4H2,1H3. The fourth-order valence-corrected chi connectivity index (χ4v) is 1.93. The normalized spacial score (nSPS) is 23.7. The van der Waals surface area contributed by atoms with Crippen molar-refractivity contribution in [1.29, 1.82) is 0 Å². The van der Waals surface area contributed by atoms with Gasteiger partial charge >= 0.3 is 0 Å². The predicted molar refractivity (Wildman–Crippen MR) is 45.7 cm³/mol. The fourth-order valence-electron chi connectivity index (χ4n) is 1.10. The van der Waals surface area contributed by atoms with Crippen molar-refractivity contribution in [3.63, 3.8) is 0 Å². The number of amidine groups is 1. The molecule has 2 aliphatic rings. The first-order valence-electron chi connectivity index (χ1n) is 3.74. The summed E-state index contributed by atoms with van der Waals surface area (Å²) in [5, 5.41) is 0.914. The number of aliphatic imine (C=N–C) groups is 1. The molecule has 0 atom stereocenters. The van der Waals surface area contributed by atoms with Gasteiger partial charge in [-0.2, -0.15) is 4.99 Å². The summed E-state index contributed by atoms with van der Waals surface area (Å²) in [4.78, 5) is 16.8. The van der Waals surface area contributed by atoms with Gasteiger partial charge in [0.05, 0.1) is 5.75 Å². The van der Waals surface area contributed by atoms with E-state index in [2.05, 4.69) is 9.89 Å². The second kappa shape index (κ2) is 2.52. The SMILES string of the molecule is CN(C1=NC(=O)CS1)C1CC1. The maximum Gasteiger partial charge on any atom is 0.258 e. The highest BCUT2D eigenvalue weighted by atomic mass is 32.2. The van der Waals surface area contributed by atoms with Gasteiger partial charge in [0.2, 0.25) is 0 Å². The van der Waals surface area contributed by atoms with E-state index in [1.165, 1.54) is 12.8 Å². The zero-order valence-corrected chi connectivity index (χ0v) is 7.23. The Morgan fingerprint density at radius 1 is 1.64 bits per heavy atom. The van der Waals surface area contributed by atoms with Crippen LogP contribution in [-0.2, 0) is 4.79 Å². The van der Waals surface area contributed by atoms with Crippen LogP contribution in [0.1, 0.15) is 12.8 Å². The minimum Gasteiger partial charge on any atom is -0.351 e. The van der Waals surface area contributed by atoms with E-state index in [0.29, 0.717) is 11.8 Å². The number of rotatable bonds is 1. The largest absolute Gasteiger partial charge is 0.351 e. The van der Waals surface area contributed by atoms with Crippen LogP contribution in [0.15, 0.2) is 4.99 Å². The predicted octanol–water partition coefficient (Wildman–Crippen LogP) is 0.710. The average Bonchev–Trinajstić information content (AvgIpc) is 2.74. The number of nitrogens with zero attached hydrogens (tertiary/aromatic N) is 2. The molecule has 60 valence electrons. The van der Waals surface area contributed by atoms with E-state index in [1.54, 1.807) is 11.8 Å². The summed E-state index contributed by atoms with van der Waals surface area (Å²) >= 11 is 1.55. The molecule has 0 spiro atoms. The molecular formula is C7H10N2OS. The lowest BCUT2D eigenvalue weighted by atomic mass is 10.6. The Kier molecular flexibility index (Phi) is 1.64. The highest BCUT2D eigenvalue weighted by molar-refractivity contribution is 8.14. The Labute approximate surface area is 69.9 Å². The van der Waals surface area contributed by atoms with Crippen molar-refractivity contribution in [2.45, 2.75) is 18.9 Å². The molecular weight excluding hydrogens is 160 g/mol. The lowest BCUT2D eigenvalue weighted by molar-refractivity contribution is -0.115. The molecule has 0 aromatic rings. The van der Waals surface area contributed by atoms with Crippen LogP contribution in [0.3, 0.4) is 0 Å². The van der Waals surface area contributed by atoms with Crippen molar-refractivity contribution in [3.05, 3.63) is 0 Å². The Morgan fingerprint density at radius 2 is 2.36 bits per heavy atom. The van der Waals surface area contributed by atoms with Gasteiger partial charge < -0.3 is 4.90 Å². The molecule has 1 saturated carbocycles. The first-order valence-corrected chi connectivity index (χ1v) is 4.73. The summed E-state index contributed by atoms with van der Waals surface area (Å²) < 4.78 is 0. The molecule has 3 nitrogen and oxygen atoms in total. The van der Waals surface area contributed by atoms with Gasteiger partial charge in [-0.05, 0) is 12.8 Å². The van der Waals surface area contributed by atoms with E-state index in [4.69, 9.17) is 0 Å². The zero-order valence-electron chi connectivity index (χ0n) is 6.41. The van der Waals surface area contributed by atoms with Crippen molar-refractivity contribution in [2.75, 3.05) is 12.8 Å². The quantitative estimate of drug-likeness (QED) is 0.581. The molecule has 0 saturated heterocycles. The topological polar surface area (TPSA) is 32.7 Å². The van der Waals surface area contributed by atoms with Crippen molar-refractivity contribution < 1.29 is 4.79 Å². The van der Waals surface area contributed by atoms with Crippen molar-refractivity contribution in [3.8, 4) is 0 Å². The molecule has 1 amide bonds. The first-order chi connectivity index (χ1) is 5.27. The van der Waals surface area contributed by atoms with Crippen LogP contribution in [0.4, 0.5) is 0 Å². The Hall–Kier alpha value is -0.510. The summed E-state index contributed by atoms with van der Waals surface area (Å²) in [5.74, 6) is 0.546. The van der Waals surface area contributed by atoms with E-state index in [1.807, 2.05) is 7.05 Å². The van der Waals surface area contributed by atoms with Gasteiger partial charge in [-0.1, -0.05) is 11.8 Å². The molecule has 1 fully saturated rings. The maximum atomic E-state index is 10.8. The number of thioether (sulfide) groups is 1. The monoisotopic (exact) mass is 170 g/mol. The third-order valence-corrected chi connectivity index (χ3v) is 2.97. The van der Waals surface area contributed by atoms with Gasteiger partial charge in [-0.3, -0.25) is 4.79 Å². The Balaban J connectivity index is 2.03. The minimum absolute atomic E-state index is 0.0116. The molecule has 11 heavy (non-hydrogen) atoms. The molecule has 0 bridgehead atoms. The molecule has 1 aliphatic carbocycles. The van der Waals surface area contributed by atoms with Gasteiger partial charge in [0, 0.05) is 13.1 Å². The number of hydrogen-bond acceptors (Lipinski definition) is 3. The van der Waals surface area contributed by atoms with E-state index in [-0.39, 0.29) is 5.91 Å². The number of carbonyl (C=O) groups is 1. The zero-order chi connectivity index (χ0) is 7.84. The van der Waals surface area contributed by atoms with Crippen LogP contribution in [0.5, 0.6) is 0 Å². The van der Waals surface area contributed by atoms with Gasteiger partial charge in [0.1, 0.15) is 0 Å². The van der Waals surface area contributed by atoms with Crippen LogP contribution in [-0.4, -0.2) is 34.8 Å². The van der Waals surface area contributed by atoms with Gasteiger partial charge in [-0.15, -0.1) is 0 Å². The first kappa shape index (κ1) is 7.16. The van der Waals surface area contributed by atoms with Crippen LogP contribution in [0.25, 0.3) is 0 Å². The molecule has 2 rings (SSSR count). The van der Waals surface area contributed by atoms with Gasteiger partial charge in [0.25, 0.3) is 5.91 Å². The molecule has 1 heterocycles. The van der Waals surface area contributed by atoms with Crippen molar-refractivity contribution >= 4 is 22.8 Å². The number of hydrogen-bond donors (Lipinski definition) is 0. The smallest absolute Gasteiger partial charge is 0.258 e. The van der Waals surface area contributed by atoms with E-state index >= 15 is 0 Å². The van der Waals surface area contributed by atoms with Crippen LogP contribution in [0, 0.1) is 0 Å². The minimum atomic E-state index is 0.0116. The molecule has 0 aromatic carbocycles. The molecule has 1 aliphatic heterocycles. The van der Waals surface area contributed by atoms with E-state index < -0.39 is 0 Å². The van der Waals surface area contributed by atoms with Crippen LogP contribution in [0.2, 0.25) is 0 Å². The lowest BCUT2D eigenvalue weighted by Crippen LogP contribution is -2.25. The van der Waals surface area contributed by atoms with Crippen LogP contribution < -0.4 is 0 Å². The molecule has 0 radical (unpaired) electrons. The van der Waals surface area contributed by atoms with Crippen LogP contribution >= 0.6 is 11.8 Å². The summed E-state index contributed by atoms with van der Waals surface area (Å²) in [7, 11) is 2.02. The highest BCUT2D eigenvalue weighted by Gasteiger charge is 2.30. The van der Waals surface area contributed by atoms with E-state index in [9.17, 15) is 4.79 Å². The second-order valence-corrected chi connectivity index (χ2v) is 3.86. The fraction of sp³-hybridized carbons (Fsp3) is 0.714. The van der Waals surface area contributed by atoms with Gasteiger partial charge in [0.15, 0.2) is 5.17 Å². The van der Waals surface area contributed by atoms with E-state index in [0.717, 1.165) is 5.17 Å². The third-order valence-electron chi connectivity index (χ3n) is 1.94. The average molecular weight is 170 g/mol. The number of carbonyl (C=O) groups excluding carboxylic acids is 1. The van der Waals surface area contributed by atoms with Crippen molar-refractivity contribution in [1.82, 2.24) is 4.90 Å². The number of amides is 1. The second-order valence-electron chi connectivity index (χ2n) is 2.92. The third kappa shape index (κ3) is 1.40. The molecule has 0 aromatic heterocycles. The van der Waals surface area contributed by atoms with Gasteiger partial charge in [-0.25, -0.2) is 0 Å². The molecule has 0 N–H and O–H groups in total. The summed E-state index contributed by atoms with van der Waals surface area (Å²) in [6.07, 6.45) is 2.51. The summed E-state index contributed by atoms with van der Waals surface area (Å²) in [5.41, 5.74) is 0. The van der Waals surface area contributed by atoms with Crippen molar-refractivity contribution in [2.24, 2.45) is 4.99 Å². The lowest BCUT2D eigenvalue weighted by Gasteiger charge is -2.15. The summed E-state index contributed by atoms with van der Waals surface area (Å²) in [6, 6.07) is 0.659. The summed E-state index contributed by atoms with van der Waals surface area (Å²) in [6.45, 7) is 0. The highest BCUT2D eigenvalue weighted by Crippen LogP contribution is 2.29. The Morgan fingerprint density at radius 3 is 2.82 bits per heavy atom. The molecule has 0 unspecified atom stereocenters. The maximum absolute atomic E-state index is 10.8. The molecule has 4 heteroatoms. The Bertz CT molecular complexity index is 222.